The molecule has 164 valence electrons. The molecule has 5 nitrogen and oxygen atoms in total. The van der Waals surface area contributed by atoms with Crippen LogP contribution in [0.5, 0.6) is 5.19 Å². The number of rotatable bonds is 7. The Balaban J connectivity index is 1.37. The van der Waals surface area contributed by atoms with E-state index in [2.05, 4.69) is 15.2 Å². The average molecular weight is 434 g/mol. The van der Waals surface area contributed by atoms with E-state index in [0.29, 0.717) is 18.4 Å². The van der Waals surface area contributed by atoms with Crippen LogP contribution in [0.15, 0.2) is 0 Å². The van der Waals surface area contributed by atoms with Crippen LogP contribution >= 0.6 is 11.3 Å². The van der Waals surface area contributed by atoms with Crippen LogP contribution in [0.25, 0.3) is 0 Å². The van der Waals surface area contributed by atoms with Gasteiger partial charge in [0.25, 0.3) is 5.19 Å². The number of hydrogen-bond donors (Lipinski definition) is 1. The number of hydrogen-bond acceptors (Lipinski definition) is 5. The molecule has 3 rings (SSSR count). The van der Waals surface area contributed by atoms with Gasteiger partial charge in [-0.3, -0.25) is 4.79 Å². The van der Waals surface area contributed by atoms with E-state index >= 15 is 0 Å². The molecule has 0 bridgehead atoms. The molecule has 0 spiro atoms. The highest BCUT2D eigenvalue weighted by atomic mass is 32.1. The molecule has 0 unspecified atom stereocenters. The summed E-state index contributed by atoms with van der Waals surface area (Å²) in [7, 11) is 0. The van der Waals surface area contributed by atoms with Crippen LogP contribution in [0.3, 0.4) is 0 Å². The quantitative estimate of drug-likeness (QED) is 0.707. The van der Waals surface area contributed by atoms with E-state index < -0.39 is 12.8 Å². The minimum Gasteiger partial charge on any atom is -0.460 e. The molecule has 1 aliphatic heterocycles. The third-order valence-electron chi connectivity index (χ3n) is 5.82. The predicted octanol–water partition coefficient (Wildman–Crippen LogP) is 3.96. The number of carbonyl (C=O) groups excluding carboxylic acids is 1. The minimum atomic E-state index is -4.33. The van der Waals surface area contributed by atoms with Gasteiger partial charge in [-0.05, 0) is 51.0 Å². The Hall–Kier alpha value is -1.35. The van der Waals surface area contributed by atoms with Crippen molar-refractivity contribution in [3.8, 4) is 5.19 Å². The van der Waals surface area contributed by atoms with E-state index in [1.807, 2.05) is 6.92 Å². The number of amides is 1. The summed E-state index contributed by atoms with van der Waals surface area (Å²) >= 11 is 1.25. The second-order valence-corrected chi connectivity index (χ2v) is 9.07. The van der Waals surface area contributed by atoms with Gasteiger partial charge < -0.3 is 15.0 Å². The zero-order valence-electron chi connectivity index (χ0n) is 16.9. The molecule has 0 atom stereocenters. The number of fused-ring (bicyclic) bond motifs is 1. The molecule has 1 aliphatic carbocycles. The molecule has 0 radical (unpaired) electrons. The van der Waals surface area contributed by atoms with Crippen molar-refractivity contribution in [2.45, 2.75) is 70.5 Å². The van der Waals surface area contributed by atoms with Crippen molar-refractivity contribution in [2.75, 3.05) is 26.2 Å². The van der Waals surface area contributed by atoms with Crippen LogP contribution in [0.2, 0.25) is 0 Å². The Bertz CT molecular complexity index is 647. The van der Waals surface area contributed by atoms with Crippen LogP contribution in [0.4, 0.5) is 13.2 Å². The number of ether oxygens (including phenoxy) is 1. The SMILES string of the molecule is CCC(=O)NC1CCC(CCN2CCc3nc(OCC(F)(F)F)sc3CC2)CC1. The van der Waals surface area contributed by atoms with Crippen molar-refractivity contribution in [3.63, 3.8) is 0 Å². The lowest BCUT2D eigenvalue weighted by atomic mass is 9.84. The van der Waals surface area contributed by atoms with Crippen LogP contribution in [0, 0.1) is 5.92 Å². The predicted molar refractivity (Wildman–Crippen MR) is 106 cm³/mol. The number of thiazole rings is 1. The maximum absolute atomic E-state index is 12.3. The molecular formula is C20H30F3N3O2S. The number of alkyl halides is 3. The van der Waals surface area contributed by atoms with Crippen molar-refractivity contribution in [2.24, 2.45) is 5.92 Å². The van der Waals surface area contributed by atoms with E-state index in [-0.39, 0.29) is 11.1 Å². The molecule has 1 N–H and O–H groups in total. The Labute approximate surface area is 174 Å². The standard InChI is InChI=1S/C20H30F3N3O2S/c1-2-18(27)24-15-5-3-14(4-6-15)7-10-26-11-8-16-17(9-12-26)29-19(25-16)28-13-20(21,22)23/h14-15H,2-13H2,1H3,(H,24,27). The van der Waals surface area contributed by atoms with Gasteiger partial charge in [-0.25, -0.2) is 4.98 Å². The molecule has 2 aliphatic rings. The van der Waals surface area contributed by atoms with Gasteiger partial charge in [-0.2, -0.15) is 13.2 Å². The Morgan fingerprint density at radius 3 is 2.66 bits per heavy atom. The molecule has 0 aromatic carbocycles. The summed E-state index contributed by atoms with van der Waals surface area (Å²) < 4.78 is 41.7. The fraction of sp³-hybridized carbons (Fsp3) is 0.800. The molecule has 2 heterocycles. The smallest absolute Gasteiger partial charge is 0.422 e. The molecular weight excluding hydrogens is 403 g/mol. The van der Waals surface area contributed by atoms with Gasteiger partial charge in [0.1, 0.15) is 0 Å². The van der Waals surface area contributed by atoms with Crippen LogP contribution < -0.4 is 10.1 Å². The fourth-order valence-electron chi connectivity index (χ4n) is 4.11. The average Bonchev–Trinajstić information content (AvgIpc) is 2.99. The summed E-state index contributed by atoms with van der Waals surface area (Å²) in [5.74, 6) is 0.855. The number of halogens is 3. The van der Waals surface area contributed by atoms with Gasteiger partial charge in [-0.15, -0.1) is 0 Å². The second-order valence-electron chi connectivity index (χ2n) is 8.02. The fourth-order valence-corrected chi connectivity index (χ4v) is 5.05. The Morgan fingerprint density at radius 1 is 1.24 bits per heavy atom. The summed E-state index contributed by atoms with van der Waals surface area (Å²) in [5, 5.41) is 3.24. The van der Waals surface area contributed by atoms with Crippen LogP contribution in [-0.2, 0) is 17.6 Å². The van der Waals surface area contributed by atoms with E-state index in [1.165, 1.54) is 11.3 Å². The summed E-state index contributed by atoms with van der Waals surface area (Å²) in [6.07, 6.45) is 3.42. The molecule has 1 amide bonds. The second kappa shape index (κ2) is 10.1. The number of nitrogens with zero attached hydrogens (tertiary/aromatic N) is 2. The normalized spacial score (nSPS) is 23.3. The summed E-state index contributed by atoms with van der Waals surface area (Å²) in [6.45, 7) is 3.44. The van der Waals surface area contributed by atoms with Gasteiger partial charge in [0.2, 0.25) is 5.91 Å². The van der Waals surface area contributed by atoms with Gasteiger partial charge in [-0.1, -0.05) is 18.3 Å². The highest BCUT2D eigenvalue weighted by molar-refractivity contribution is 7.13. The zero-order valence-corrected chi connectivity index (χ0v) is 17.7. The third kappa shape index (κ3) is 7.13. The minimum absolute atomic E-state index is 0.132. The van der Waals surface area contributed by atoms with E-state index in [0.717, 1.165) is 75.2 Å². The highest BCUT2D eigenvalue weighted by Gasteiger charge is 2.30. The molecule has 0 saturated heterocycles. The number of carbonyl (C=O) groups is 1. The maximum Gasteiger partial charge on any atom is 0.422 e. The van der Waals surface area contributed by atoms with Crippen molar-refractivity contribution in [1.82, 2.24) is 15.2 Å². The third-order valence-corrected chi connectivity index (χ3v) is 6.89. The van der Waals surface area contributed by atoms with Gasteiger partial charge in [0.15, 0.2) is 6.61 Å². The lowest BCUT2D eigenvalue weighted by molar-refractivity contribution is -0.153. The first-order valence-corrected chi connectivity index (χ1v) is 11.3. The lowest BCUT2D eigenvalue weighted by Gasteiger charge is -2.30. The van der Waals surface area contributed by atoms with Crippen molar-refractivity contribution < 1.29 is 22.7 Å². The summed E-state index contributed by atoms with van der Waals surface area (Å²) in [6, 6.07) is 0.340. The van der Waals surface area contributed by atoms with E-state index in [9.17, 15) is 18.0 Å². The Morgan fingerprint density at radius 2 is 1.97 bits per heavy atom. The Kier molecular flexibility index (Phi) is 7.79. The topological polar surface area (TPSA) is 54.5 Å². The van der Waals surface area contributed by atoms with Crippen molar-refractivity contribution >= 4 is 17.2 Å². The van der Waals surface area contributed by atoms with Gasteiger partial charge in [0, 0.05) is 36.9 Å². The monoisotopic (exact) mass is 433 g/mol. The molecule has 1 fully saturated rings. The summed E-state index contributed by atoms with van der Waals surface area (Å²) in [4.78, 5) is 19.3. The molecule has 9 heteroatoms. The van der Waals surface area contributed by atoms with E-state index in [1.54, 1.807) is 0 Å². The molecule has 1 aromatic rings. The first-order valence-electron chi connectivity index (χ1n) is 10.5. The van der Waals surface area contributed by atoms with Gasteiger partial charge >= 0.3 is 6.18 Å². The molecule has 29 heavy (non-hydrogen) atoms. The van der Waals surface area contributed by atoms with Crippen molar-refractivity contribution in [1.29, 1.82) is 0 Å². The molecule has 1 aromatic heterocycles. The zero-order chi connectivity index (χ0) is 20.9. The van der Waals surface area contributed by atoms with Crippen LogP contribution in [0.1, 0.15) is 56.0 Å². The van der Waals surface area contributed by atoms with Gasteiger partial charge in [0.05, 0.1) is 5.69 Å². The first kappa shape index (κ1) is 22.3. The largest absolute Gasteiger partial charge is 0.460 e. The highest BCUT2D eigenvalue weighted by Crippen LogP contribution is 2.30. The van der Waals surface area contributed by atoms with Crippen molar-refractivity contribution in [3.05, 3.63) is 10.6 Å². The maximum atomic E-state index is 12.3. The molecule has 1 saturated carbocycles. The van der Waals surface area contributed by atoms with Crippen LogP contribution in [-0.4, -0.2) is 54.3 Å². The lowest BCUT2D eigenvalue weighted by Crippen LogP contribution is -2.37. The first-order chi connectivity index (χ1) is 13.8. The van der Waals surface area contributed by atoms with E-state index in [4.69, 9.17) is 4.74 Å². The number of nitrogens with one attached hydrogen (secondary N) is 1. The summed E-state index contributed by atoms with van der Waals surface area (Å²) in [5.41, 5.74) is 0.891. The number of aromatic nitrogens is 1.